The molecule has 6 heteroatoms. The molecule has 0 radical (unpaired) electrons. The number of hydrogen-bond acceptors (Lipinski definition) is 5. The third-order valence-electron chi connectivity index (χ3n) is 2.25. The highest BCUT2D eigenvalue weighted by Crippen LogP contribution is 2.27. The minimum Gasteiger partial charge on any atom is -0.472 e. The Labute approximate surface area is 105 Å². The normalized spacial score (nSPS) is 11.7. The lowest BCUT2D eigenvalue weighted by Crippen LogP contribution is -2.28. The molecule has 6 nitrogen and oxygen atoms in total. The van der Waals surface area contributed by atoms with Crippen LogP contribution in [0.25, 0.3) is 0 Å². The summed E-state index contributed by atoms with van der Waals surface area (Å²) in [6.45, 7) is 3.68. The Kier molecular flexibility index (Phi) is 5.10. The van der Waals surface area contributed by atoms with Crippen LogP contribution in [0.2, 0.25) is 0 Å². The Bertz CT molecular complexity index is 432. The molecule has 0 bridgehead atoms. The number of nitrogens with zero attached hydrogens (tertiary/aromatic N) is 1. The zero-order chi connectivity index (χ0) is 13.5. The van der Waals surface area contributed by atoms with Gasteiger partial charge in [0, 0.05) is 6.07 Å². The van der Waals surface area contributed by atoms with E-state index in [-0.39, 0.29) is 18.0 Å². The van der Waals surface area contributed by atoms with Gasteiger partial charge < -0.3 is 9.47 Å². The van der Waals surface area contributed by atoms with Gasteiger partial charge in [0.25, 0.3) is 0 Å². The van der Waals surface area contributed by atoms with E-state index in [0.29, 0.717) is 6.42 Å². The van der Waals surface area contributed by atoms with E-state index in [4.69, 9.17) is 9.47 Å². The summed E-state index contributed by atoms with van der Waals surface area (Å²) >= 11 is 0. The van der Waals surface area contributed by atoms with Crippen LogP contribution < -0.4 is 4.74 Å². The minimum atomic E-state index is -0.828. The van der Waals surface area contributed by atoms with E-state index in [1.807, 2.05) is 0 Å². The zero-order valence-corrected chi connectivity index (χ0v) is 10.3. The first kappa shape index (κ1) is 14.0. The van der Waals surface area contributed by atoms with E-state index in [0.717, 1.165) is 0 Å². The van der Waals surface area contributed by atoms with Crippen molar-refractivity contribution in [1.29, 1.82) is 0 Å². The molecule has 0 N–H and O–H groups in total. The average molecular weight is 253 g/mol. The third-order valence-corrected chi connectivity index (χ3v) is 2.25. The van der Waals surface area contributed by atoms with Crippen LogP contribution in [-0.2, 0) is 9.53 Å². The van der Waals surface area contributed by atoms with Gasteiger partial charge in [0.15, 0.2) is 11.9 Å². The Morgan fingerprint density at radius 3 is 2.61 bits per heavy atom. The molecule has 0 saturated heterocycles. The number of benzene rings is 1. The van der Waals surface area contributed by atoms with Gasteiger partial charge in [0.05, 0.1) is 11.5 Å². The second-order valence-electron chi connectivity index (χ2n) is 3.49. The third kappa shape index (κ3) is 3.44. The molecule has 0 aliphatic carbocycles. The van der Waals surface area contributed by atoms with E-state index >= 15 is 0 Å². The van der Waals surface area contributed by atoms with E-state index in [2.05, 4.69) is 0 Å². The summed E-state index contributed by atoms with van der Waals surface area (Å²) in [6.07, 6.45) is -0.448. The highest BCUT2D eigenvalue weighted by Gasteiger charge is 2.23. The van der Waals surface area contributed by atoms with Crippen LogP contribution in [0.1, 0.15) is 20.3 Å². The molecule has 98 valence electrons. The predicted molar refractivity (Wildman–Crippen MR) is 64.4 cm³/mol. The van der Waals surface area contributed by atoms with Gasteiger partial charge in [0.2, 0.25) is 0 Å². The van der Waals surface area contributed by atoms with Crippen molar-refractivity contribution < 1.29 is 19.2 Å². The summed E-state index contributed by atoms with van der Waals surface area (Å²) < 4.78 is 10.2. The van der Waals surface area contributed by atoms with Gasteiger partial charge in [-0.1, -0.05) is 19.1 Å². The Morgan fingerprint density at radius 2 is 2.06 bits per heavy atom. The molecule has 1 aromatic rings. The molecule has 1 atom stereocenters. The molecule has 0 fully saturated rings. The summed E-state index contributed by atoms with van der Waals surface area (Å²) in [4.78, 5) is 21.8. The van der Waals surface area contributed by atoms with Crippen LogP contribution in [0.3, 0.4) is 0 Å². The Balaban J connectivity index is 2.88. The largest absolute Gasteiger partial charge is 0.472 e. The number of esters is 1. The summed E-state index contributed by atoms with van der Waals surface area (Å²) in [5, 5.41) is 10.8. The highest BCUT2D eigenvalue weighted by atomic mass is 16.6. The van der Waals surface area contributed by atoms with Gasteiger partial charge in [-0.05, 0) is 19.4 Å². The predicted octanol–water partition coefficient (Wildman–Crippen LogP) is 2.32. The number of carbonyl (C=O) groups is 1. The molecule has 0 amide bonds. The monoisotopic (exact) mass is 253 g/mol. The first-order valence-electron chi connectivity index (χ1n) is 5.66. The van der Waals surface area contributed by atoms with Crippen molar-refractivity contribution in [2.45, 2.75) is 26.4 Å². The molecule has 18 heavy (non-hydrogen) atoms. The Morgan fingerprint density at radius 1 is 1.39 bits per heavy atom. The number of rotatable bonds is 6. The summed E-state index contributed by atoms with van der Waals surface area (Å²) in [5.74, 6) is -0.444. The van der Waals surface area contributed by atoms with Crippen molar-refractivity contribution in [1.82, 2.24) is 0 Å². The van der Waals surface area contributed by atoms with E-state index < -0.39 is 17.0 Å². The maximum Gasteiger partial charge on any atom is 0.347 e. The lowest BCUT2D eigenvalue weighted by atomic mass is 10.2. The maximum atomic E-state index is 11.5. The second-order valence-corrected chi connectivity index (χ2v) is 3.49. The van der Waals surface area contributed by atoms with Crippen LogP contribution in [0.5, 0.6) is 5.75 Å². The Hall–Kier alpha value is -2.11. The van der Waals surface area contributed by atoms with Crippen molar-refractivity contribution in [2.24, 2.45) is 0 Å². The minimum absolute atomic E-state index is 0.0717. The first-order chi connectivity index (χ1) is 8.60. The SMILES string of the molecule is CCOC(=O)[C@@H](CC)Oc1ccccc1[N+](=O)[O-]. The molecule has 0 saturated carbocycles. The lowest BCUT2D eigenvalue weighted by Gasteiger charge is -2.15. The van der Waals surface area contributed by atoms with Crippen molar-refractivity contribution in [3.05, 3.63) is 34.4 Å². The molecule has 0 aliphatic heterocycles. The quantitative estimate of drug-likeness (QED) is 0.441. The second kappa shape index (κ2) is 6.58. The van der Waals surface area contributed by atoms with Gasteiger partial charge in [0.1, 0.15) is 0 Å². The molecule has 0 aromatic heterocycles. The van der Waals surface area contributed by atoms with Gasteiger partial charge in [-0.25, -0.2) is 4.79 Å². The van der Waals surface area contributed by atoms with Gasteiger partial charge in [-0.2, -0.15) is 0 Å². The smallest absolute Gasteiger partial charge is 0.347 e. The number of hydrogen-bond donors (Lipinski definition) is 0. The fourth-order valence-electron chi connectivity index (χ4n) is 1.39. The first-order valence-corrected chi connectivity index (χ1v) is 5.66. The van der Waals surface area contributed by atoms with Crippen molar-refractivity contribution in [3.63, 3.8) is 0 Å². The van der Waals surface area contributed by atoms with Crippen molar-refractivity contribution >= 4 is 11.7 Å². The molecule has 1 rings (SSSR count). The van der Waals surface area contributed by atoms with Crippen LogP contribution >= 0.6 is 0 Å². The molecular formula is C12H15NO5. The van der Waals surface area contributed by atoms with Crippen LogP contribution in [0.4, 0.5) is 5.69 Å². The number of ether oxygens (including phenoxy) is 2. The van der Waals surface area contributed by atoms with Crippen LogP contribution in [0, 0.1) is 10.1 Å². The molecule has 0 aliphatic rings. The fraction of sp³-hybridized carbons (Fsp3) is 0.417. The van der Waals surface area contributed by atoms with Gasteiger partial charge in [-0.15, -0.1) is 0 Å². The van der Waals surface area contributed by atoms with E-state index in [9.17, 15) is 14.9 Å². The summed E-state index contributed by atoms with van der Waals surface area (Å²) in [7, 11) is 0. The van der Waals surface area contributed by atoms with Crippen molar-refractivity contribution in [2.75, 3.05) is 6.61 Å². The number of para-hydroxylation sites is 2. The highest BCUT2D eigenvalue weighted by molar-refractivity contribution is 5.75. The molecular weight excluding hydrogens is 238 g/mol. The van der Waals surface area contributed by atoms with Crippen LogP contribution in [-0.4, -0.2) is 23.6 Å². The van der Waals surface area contributed by atoms with Crippen molar-refractivity contribution in [3.8, 4) is 5.75 Å². The lowest BCUT2D eigenvalue weighted by molar-refractivity contribution is -0.386. The van der Waals surface area contributed by atoms with Gasteiger partial charge in [-0.3, -0.25) is 10.1 Å². The molecule has 0 heterocycles. The van der Waals surface area contributed by atoms with E-state index in [1.54, 1.807) is 19.9 Å². The standard InChI is InChI=1S/C12H15NO5/c1-3-10(12(14)17-4-2)18-11-8-6-5-7-9(11)13(15)16/h5-8,10H,3-4H2,1-2H3/t10-/m1/s1. The maximum absolute atomic E-state index is 11.5. The molecule has 0 spiro atoms. The topological polar surface area (TPSA) is 78.7 Å². The zero-order valence-electron chi connectivity index (χ0n) is 10.3. The number of carbonyl (C=O) groups excluding carboxylic acids is 1. The van der Waals surface area contributed by atoms with Gasteiger partial charge >= 0.3 is 11.7 Å². The van der Waals surface area contributed by atoms with E-state index in [1.165, 1.54) is 18.2 Å². The average Bonchev–Trinajstić information content (AvgIpc) is 2.36. The summed E-state index contributed by atoms with van der Waals surface area (Å²) in [6, 6.07) is 5.93. The molecule has 1 aromatic carbocycles. The fourth-order valence-corrected chi connectivity index (χ4v) is 1.39. The summed E-state index contributed by atoms with van der Waals surface area (Å²) in [5.41, 5.74) is -0.166. The number of nitro benzene ring substituents is 1. The molecule has 0 unspecified atom stereocenters. The van der Waals surface area contributed by atoms with Crippen LogP contribution in [0.15, 0.2) is 24.3 Å². The number of nitro groups is 1.